The van der Waals surface area contributed by atoms with Crippen molar-refractivity contribution in [3.8, 4) is 17.2 Å². The van der Waals surface area contributed by atoms with Gasteiger partial charge >= 0.3 is 0 Å². The third-order valence-corrected chi connectivity index (χ3v) is 5.57. The highest BCUT2D eigenvalue weighted by atomic mass is 35.5. The molecule has 180 valence electrons. The standard InChI is InChI=1S/C25H33ClN2O5/c1-5-7-12-27-25(30)23(6-2)28(16-18-10-8-9-11-22(18)26)24(29)17-33-21-14-19(31-3)13-20(15-21)32-4/h8-11,13-15,23H,5-7,12,16-17H2,1-4H3,(H,27,30)/t23-/m1/s1. The maximum Gasteiger partial charge on any atom is 0.261 e. The first-order valence-corrected chi connectivity index (χ1v) is 11.5. The van der Waals surface area contributed by atoms with Gasteiger partial charge < -0.3 is 24.4 Å². The molecule has 2 rings (SSSR count). The van der Waals surface area contributed by atoms with Gasteiger partial charge in [0.15, 0.2) is 6.61 Å². The van der Waals surface area contributed by atoms with Gasteiger partial charge in [0.2, 0.25) is 5.91 Å². The van der Waals surface area contributed by atoms with Crippen LogP contribution in [0.25, 0.3) is 0 Å². The average Bonchev–Trinajstić information content (AvgIpc) is 2.83. The maximum atomic E-state index is 13.3. The van der Waals surface area contributed by atoms with Gasteiger partial charge in [-0.25, -0.2) is 0 Å². The molecule has 0 saturated carbocycles. The predicted octanol–water partition coefficient (Wildman–Crippen LogP) is 4.46. The van der Waals surface area contributed by atoms with E-state index >= 15 is 0 Å². The molecule has 0 aliphatic carbocycles. The van der Waals surface area contributed by atoms with Crippen molar-refractivity contribution in [1.82, 2.24) is 10.2 Å². The number of carbonyl (C=O) groups is 2. The number of unbranched alkanes of at least 4 members (excludes halogenated alkanes) is 1. The molecule has 0 aliphatic heterocycles. The predicted molar refractivity (Wildman–Crippen MR) is 129 cm³/mol. The molecule has 0 aromatic heterocycles. The molecule has 0 unspecified atom stereocenters. The van der Waals surface area contributed by atoms with Crippen LogP contribution in [0.15, 0.2) is 42.5 Å². The van der Waals surface area contributed by atoms with E-state index in [2.05, 4.69) is 12.2 Å². The van der Waals surface area contributed by atoms with Crippen LogP contribution in [-0.4, -0.2) is 50.1 Å². The smallest absolute Gasteiger partial charge is 0.261 e. The Labute approximate surface area is 201 Å². The fraction of sp³-hybridized carbons (Fsp3) is 0.440. The third-order valence-electron chi connectivity index (χ3n) is 5.20. The van der Waals surface area contributed by atoms with E-state index in [1.165, 1.54) is 19.1 Å². The van der Waals surface area contributed by atoms with Crippen LogP contribution >= 0.6 is 11.6 Å². The second-order valence-electron chi connectivity index (χ2n) is 7.52. The first-order chi connectivity index (χ1) is 15.9. The van der Waals surface area contributed by atoms with E-state index in [1.807, 2.05) is 25.1 Å². The molecule has 0 aliphatic rings. The van der Waals surface area contributed by atoms with Gasteiger partial charge in [-0.1, -0.05) is 50.1 Å². The highest BCUT2D eigenvalue weighted by molar-refractivity contribution is 6.31. The highest BCUT2D eigenvalue weighted by Crippen LogP contribution is 2.27. The summed E-state index contributed by atoms with van der Waals surface area (Å²) in [5.74, 6) is 1.01. The van der Waals surface area contributed by atoms with E-state index in [9.17, 15) is 9.59 Å². The Balaban J connectivity index is 2.23. The minimum Gasteiger partial charge on any atom is -0.496 e. The minimum absolute atomic E-state index is 0.186. The number of amides is 2. The van der Waals surface area contributed by atoms with Crippen molar-refractivity contribution in [2.45, 2.75) is 45.7 Å². The molecule has 0 bridgehead atoms. The van der Waals surface area contributed by atoms with Crippen molar-refractivity contribution in [1.29, 1.82) is 0 Å². The van der Waals surface area contributed by atoms with Gasteiger partial charge in [0, 0.05) is 36.3 Å². The zero-order chi connectivity index (χ0) is 24.2. The van der Waals surface area contributed by atoms with Gasteiger partial charge in [-0.05, 0) is 24.5 Å². The monoisotopic (exact) mass is 476 g/mol. The second kappa shape index (κ2) is 13.6. The van der Waals surface area contributed by atoms with E-state index in [4.69, 9.17) is 25.8 Å². The molecule has 0 spiro atoms. The zero-order valence-electron chi connectivity index (χ0n) is 19.7. The van der Waals surface area contributed by atoms with Crippen molar-refractivity contribution < 1.29 is 23.8 Å². The molecule has 1 atom stereocenters. The third kappa shape index (κ3) is 7.86. The molecular weight excluding hydrogens is 444 g/mol. The van der Waals surface area contributed by atoms with E-state index in [-0.39, 0.29) is 25.0 Å². The van der Waals surface area contributed by atoms with Crippen LogP contribution in [0.5, 0.6) is 17.2 Å². The van der Waals surface area contributed by atoms with Crippen molar-refractivity contribution >= 4 is 23.4 Å². The Morgan fingerprint density at radius 3 is 2.24 bits per heavy atom. The van der Waals surface area contributed by atoms with E-state index in [0.29, 0.717) is 35.2 Å². The molecule has 2 amide bonds. The number of methoxy groups -OCH3 is 2. The summed E-state index contributed by atoms with van der Waals surface area (Å²) in [6.07, 6.45) is 2.31. The fourth-order valence-corrected chi connectivity index (χ4v) is 3.52. The van der Waals surface area contributed by atoms with Crippen LogP contribution in [-0.2, 0) is 16.1 Å². The first kappa shape index (κ1) is 26.3. The lowest BCUT2D eigenvalue weighted by Gasteiger charge is -2.31. The Kier molecular flexibility index (Phi) is 10.8. The number of halogens is 1. The van der Waals surface area contributed by atoms with Gasteiger partial charge in [0.25, 0.3) is 5.91 Å². The van der Waals surface area contributed by atoms with E-state index in [0.717, 1.165) is 18.4 Å². The summed E-state index contributed by atoms with van der Waals surface area (Å²) >= 11 is 6.35. The van der Waals surface area contributed by atoms with Gasteiger partial charge in [0.05, 0.1) is 14.2 Å². The highest BCUT2D eigenvalue weighted by Gasteiger charge is 2.29. The quantitative estimate of drug-likeness (QED) is 0.432. The second-order valence-corrected chi connectivity index (χ2v) is 7.93. The van der Waals surface area contributed by atoms with E-state index in [1.54, 1.807) is 24.3 Å². The molecule has 0 saturated heterocycles. The van der Waals surface area contributed by atoms with Crippen molar-refractivity contribution in [2.24, 2.45) is 0 Å². The summed E-state index contributed by atoms with van der Waals surface area (Å²) in [4.78, 5) is 27.7. The van der Waals surface area contributed by atoms with Crippen LogP contribution < -0.4 is 19.5 Å². The topological polar surface area (TPSA) is 77.1 Å². The summed E-state index contributed by atoms with van der Waals surface area (Å²) in [6, 6.07) is 11.7. The number of hydrogen-bond donors (Lipinski definition) is 1. The number of benzene rings is 2. The first-order valence-electron chi connectivity index (χ1n) is 11.1. The Hall–Kier alpha value is -2.93. The summed E-state index contributed by atoms with van der Waals surface area (Å²) in [5, 5.41) is 3.47. The van der Waals surface area contributed by atoms with Gasteiger partial charge in [-0.2, -0.15) is 0 Å². The lowest BCUT2D eigenvalue weighted by atomic mass is 10.1. The molecule has 8 heteroatoms. The molecule has 0 fully saturated rings. The largest absolute Gasteiger partial charge is 0.496 e. The molecule has 0 radical (unpaired) electrons. The Morgan fingerprint density at radius 2 is 1.67 bits per heavy atom. The Bertz CT molecular complexity index is 899. The number of hydrogen-bond acceptors (Lipinski definition) is 5. The molecular formula is C25H33ClN2O5. The molecule has 2 aromatic rings. The van der Waals surface area contributed by atoms with Crippen LogP contribution in [0.4, 0.5) is 0 Å². The van der Waals surface area contributed by atoms with Crippen LogP contribution in [0, 0.1) is 0 Å². The Morgan fingerprint density at radius 1 is 1.03 bits per heavy atom. The number of carbonyl (C=O) groups excluding carboxylic acids is 2. The zero-order valence-corrected chi connectivity index (χ0v) is 20.5. The normalized spacial score (nSPS) is 11.4. The molecule has 33 heavy (non-hydrogen) atoms. The van der Waals surface area contributed by atoms with Gasteiger partial charge in [-0.3, -0.25) is 9.59 Å². The number of nitrogens with zero attached hydrogens (tertiary/aromatic N) is 1. The number of ether oxygens (including phenoxy) is 3. The fourth-order valence-electron chi connectivity index (χ4n) is 3.33. The van der Waals surface area contributed by atoms with Crippen molar-refractivity contribution in [3.63, 3.8) is 0 Å². The van der Waals surface area contributed by atoms with Crippen molar-refractivity contribution in [3.05, 3.63) is 53.1 Å². The van der Waals surface area contributed by atoms with Crippen LogP contribution in [0.1, 0.15) is 38.7 Å². The summed E-state index contributed by atoms with van der Waals surface area (Å²) < 4.78 is 16.3. The average molecular weight is 477 g/mol. The van der Waals surface area contributed by atoms with Gasteiger partial charge in [-0.15, -0.1) is 0 Å². The molecule has 1 N–H and O–H groups in total. The molecule has 0 heterocycles. The maximum absolute atomic E-state index is 13.3. The van der Waals surface area contributed by atoms with Crippen molar-refractivity contribution in [2.75, 3.05) is 27.4 Å². The SMILES string of the molecule is CCCCNC(=O)[C@@H](CC)N(Cc1ccccc1Cl)C(=O)COc1cc(OC)cc(OC)c1. The van der Waals surface area contributed by atoms with Crippen LogP contribution in [0.2, 0.25) is 5.02 Å². The number of nitrogens with one attached hydrogen (secondary N) is 1. The minimum atomic E-state index is -0.644. The summed E-state index contributed by atoms with van der Waals surface area (Å²) in [5.41, 5.74) is 0.760. The van der Waals surface area contributed by atoms with Gasteiger partial charge in [0.1, 0.15) is 23.3 Å². The lowest BCUT2D eigenvalue weighted by Crippen LogP contribution is -2.50. The van der Waals surface area contributed by atoms with E-state index < -0.39 is 6.04 Å². The lowest BCUT2D eigenvalue weighted by molar-refractivity contribution is -0.143. The number of rotatable bonds is 13. The molecule has 7 nitrogen and oxygen atoms in total. The summed E-state index contributed by atoms with van der Waals surface area (Å²) in [6.45, 7) is 4.45. The summed E-state index contributed by atoms with van der Waals surface area (Å²) in [7, 11) is 3.08. The molecule has 2 aromatic carbocycles. The van der Waals surface area contributed by atoms with Crippen LogP contribution in [0.3, 0.4) is 0 Å².